The summed E-state index contributed by atoms with van der Waals surface area (Å²) in [4.78, 5) is 0.107. The second kappa shape index (κ2) is 7.06. The van der Waals surface area contributed by atoms with Crippen LogP contribution in [-0.2, 0) is 14.6 Å². The minimum atomic E-state index is -3.34. The highest BCUT2D eigenvalue weighted by Crippen LogP contribution is 2.31. The van der Waals surface area contributed by atoms with Crippen LogP contribution < -0.4 is 11.1 Å². The van der Waals surface area contributed by atoms with Gasteiger partial charge in [0.2, 0.25) is 0 Å². The molecule has 0 fully saturated rings. The van der Waals surface area contributed by atoms with Crippen LogP contribution >= 0.6 is 11.5 Å². The molecule has 0 radical (unpaired) electrons. The average molecular weight is 307 g/mol. The number of sulfone groups is 1. The molecule has 0 aliphatic rings. The topological polar surface area (TPSA) is 94.3 Å². The van der Waals surface area contributed by atoms with Gasteiger partial charge in [-0.15, -0.1) is 0 Å². The van der Waals surface area contributed by atoms with E-state index in [2.05, 4.69) is 9.69 Å². The largest absolute Gasteiger partial charge is 0.382 e. The fourth-order valence-electron chi connectivity index (χ4n) is 1.51. The van der Waals surface area contributed by atoms with Crippen molar-refractivity contribution in [2.45, 2.75) is 37.7 Å². The van der Waals surface area contributed by atoms with Gasteiger partial charge in [0.1, 0.15) is 9.90 Å². The van der Waals surface area contributed by atoms with Gasteiger partial charge in [0.05, 0.1) is 6.10 Å². The van der Waals surface area contributed by atoms with E-state index in [9.17, 15) is 8.42 Å². The lowest BCUT2D eigenvalue weighted by Gasteiger charge is -2.08. The number of nitrogens with two attached hydrogens (primary N) is 1. The normalized spacial score (nSPS) is 12.0. The summed E-state index contributed by atoms with van der Waals surface area (Å²) in [6.45, 7) is 5.38. The molecule has 0 atom stereocenters. The van der Waals surface area contributed by atoms with Gasteiger partial charge in [-0.3, -0.25) is 0 Å². The summed E-state index contributed by atoms with van der Waals surface area (Å²) in [6.07, 6.45) is 3.20. The summed E-state index contributed by atoms with van der Waals surface area (Å²) in [5, 5.41) is 3.59. The van der Waals surface area contributed by atoms with Crippen LogP contribution in [0.5, 0.6) is 0 Å². The summed E-state index contributed by atoms with van der Waals surface area (Å²) in [5.41, 5.74) is 5.57. The molecule has 0 saturated carbocycles. The molecule has 0 saturated heterocycles. The van der Waals surface area contributed by atoms with Crippen LogP contribution in [0.2, 0.25) is 0 Å². The zero-order valence-electron chi connectivity index (χ0n) is 11.5. The van der Waals surface area contributed by atoms with Crippen molar-refractivity contribution in [1.29, 1.82) is 0 Å². The van der Waals surface area contributed by atoms with Gasteiger partial charge >= 0.3 is 0 Å². The first-order chi connectivity index (χ1) is 8.82. The van der Waals surface area contributed by atoms with Crippen molar-refractivity contribution < 1.29 is 13.2 Å². The average Bonchev–Trinajstić information content (AvgIpc) is 2.64. The van der Waals surface area contributed by atoms with Crippen molar-refractivity contribution in [2.75, 3.05) is 30.5 Å². The lowest BCUT2D eigenvalue weighted by molar-refractivity contribution is 0.0765. The lowest BCUT2D eigenvalue weighted by Crippen LogP contribution is -2.08. The Kier molecular flexibility index (Phi) is 6.02. The Bertz CT molecular complexity index is 497. The summed E-state index contributed by atoms with van der Waals surface area (Å²) in [7, 11) is -3.34. The number of aromatic nitrogens is 1. The summed E-state index contributed by atoms with van der Waals surface area (Å²) < 4.78 is 32.4. The molecule has 6 nitrogen and oxygen atoms in total. The van der Waals surface area contributed by atoms with Crippen molar-refractivity contribution in [3.63, 3.8) is 0 Å². The van der Waals surface area contributed by atoms with Crippen LogP contribution in [-0.4, -0.2) is 38.3 Å². The maximum absolute atomic E-state index is 11.6. The van der Waals surface area contributed by atoms with Crippen LogP contribution in [0.4, 0.5) is 10.8 Å². The molecule has 0 aliphatic carbocycles. The summed E-state index contributed by atoms with van der Waals surface area (Å²) >= 11 is 1.08. The van der Waals surface area contributed by atoms with E-state index in [1.54, 1.807) is 0 Å². The van der Waals surface area contributed by atoms with Crippen molar-refractivity contribution >= 4 is 32.2 Å². The Labute approximate surface area is 118 Å². The van der Waals surface area contributed by atoms with Crippen LogP contribution in [0.25, 0.3) is 0 Å². The van der Waals surface area contributed by atoms with Gasteiger partial charge in [0, 0.05) is 19.4 Å². The Morgan fingerprint density at radius 1 is 1.42 bits per heavy atom. The number of hydrogen-bond acceptors (Lipinski definition) is 7. The number of nitrogen functional groups attached to an aromatic ring is 1. The molecule has 1 rings (SSSR count). The van der Waals surface area contributed by atoms with E-state index in [0.29, 0.717) is 18.2 Å². The molecule has 8 heteroatoms. The van der Waals surface area contributed by atoms with Gasteiger partial charge in [-0.2, -0.15) is 4.37 Å². The van der Waals surface area contributed by atoms with E-state index < -0.39 is 9.84 Å². The lowest BCUT2D eigenvalue weighted by atomic mass is 10.3. The first-order valence-corrected chi connectivity index (χ1v) is 8.79. The Hall–Kier alpha value is -0.860. The van der Waals surface area contributed by atoms with E-state index in [0.717, 1.165) is 30.6 Å². The number of anilines is 2. The van der Waals surface area contributed by atoms with Gasteiger partial charge in [-0.1, -0.05) is 0 Å². The monoisotopic (exact) mass is 307 g/mol. The Morgan fingerprint density at radius 2 is 2.11 bits per heavy atom. The van der Waals surface area contributed by atoms with Gasteiger partial charge in [-0.25, -0.2) is 8.42 Å². The first-order valence-electron chi connectivity index (χ1n) is 6.13. The fourth-order valence-corrected chi connectivity index (χ4v) is 3.61. The molecule has 3 N–H and O–H groups in total. The molecule has 0 aromatic carbocycles. The third-order valence-corrected chi connectivity index (χ3v) is 4.46. The zero-order valence-corrected chi connectivity index (χ0v) is 13.1. The van der Waals surface area contributed by atoms with Gasteiger partial charge in [0.15, 0.2) is 15.7 Å². The van der Waals surface area contributed by atoms with E-state index >= 15 is 0 Å². The zero-order chi connectivity index (χ0) is 14.5. The molecule has 19 heavy (non-hydrogen) atoms. The van der Waals surface area contributed by atoms with Crippen LogP contribution in [0.1, 0.15) is 26.7 Å². The van der Waals surface area contributed by atoms with E-state index in [1.807, 2.05) is 13.8 Å². The van der Waals surface area contributed by atoms with E-state index in [-0.39, 0.29) is 16.8 Å². The minimum Gasteiger partial charge on any atom is -0.382 e. The molecule has 0 spiro atoms. The molecule has 0 aliphatic heterocycles. The van der Waals surface area contributed by atoms with Gasteiger partial charge < -0.3 is 15.8 Å². The second-order valence-corrected chi connectivity index (χ2v) is 7.28. The van der Waals surface area contributed by atoms with Crippen molar-refractivity contribution in [3.05, 3.63) is 0 Å². The van der Waals surface area contributed by atoms with Gasteiger partial charge in [0.25, 0.3) is 0 Å². The number of unbranched alkanes of at least 4 members (excludes halogenated alkanes) is 1. The molecule has 0 unspecified atom stereocenters. The maximum Gasteiger partial charge on any atom is 0.182 e. The predicted molar refractivity (Wildman–Crippen MR) is 78.4 cm³/mol. The number of nitrogens with one attached hydrogen (secondary N) is 1. The van der Waals surface area contributed by atoms with Crippen LogP contribution in [0.3, 0.4) is 0 Å². The SMILES string of the molecule is CC(C)OCCCCNc1snc(N)c1S(C)(=O)=O. The molecule has 0 amide bonds. The quantitative estimate of drug-likeness (QED) is 0.711. The highest BCUT2D eigenvalue weighted by Gasteiger charge is 2.20. The molecule has 110 valence electrons. The highest BCUT2D eigenvalue weighted by atomic mass is 32.2. The van der Waals surface area contributed by atoms with Crippen LogP contribution in [0.15, 0.2) is 4.90 Å². The molecular formula is C11H21N3O3S2. The van der Waals surface area contributed by atoms with Crippen molar-refractivity contribution in [2.24, 2.45) is 0 Å². The summed E-state index contributed by atoms with van der Waals surface area (Å²) in [6, 6.07) is 0. The summed E-state index contributed by atoms with van der Waals surface area (Å²) in [5.74, 6) is 0.0677. The van der Waals surface area contributed by atoms with E-state index in [4.69, 9.17) is 10.5 Å². The van der Waals surface area contributed by atoms with Gasteiger partial charge in [-0.05, 0) is 38.2 Å². The first kappa shape index (κ1) is 16.2. The van der Waals surface area contributed by atoms with Crippen molar-refractivity contribution in [3.8, 4) is 0 Å². The highest BCUT2D eigenvalue weighted by molar-refractivity contribution is 7.91. The second-order valence-electron chi connectivity index (χ2n) is 4.55. The molecule has 0 bridgehead atoms. The fraction of sp³-hybridized carbons (Fsp3) is 0.727. The molecule has 1 aromatic rings. The predicted octanol–water partition coefficient (Wildman–Crippen LogP) is 1.75. The molecule has 1 aromatic heterocycles. The standard InChI is InChI=1S/C11H21N3O3S2/c1-8(2)17-7-5-4-6-13-11-9(19(3,15)16)10(12)14-18-11/h8,13H,4-7H2,1-3H3,(H2,12,14). The Morgan fingerprint density at radius 3 is 2.68 bits per heavy atom. The molecular weight excluding hydrogens is 286 g/mol. The number of hydrogen-bond donors (Lipinski definition) is 2. The smallest absolute Gasteiger partial charge is 0.182 e. The Balaban J connectivity index is 2.43. The number of ether oxygens (including phenoxy) is 1. The van der Waals surface area contributed by atoms with E-state index in [1.165, 1.54) is 0 Å². The number of rotatable bonds is 8. The minimum absolute atomic E-state index is 0.0677. The van der Waals surface area contributed by atoms with Crippen LogP contribution in [0, 0.1) is 0 Å². The third-order valence-electron chi connectivity index (χ3n) is 2.35. The number of nitrogens with zero attached hydrogens (tertiary/aromatic N) is 1. The van der Waals surface area contributed by atoms with Crippen molar-refractivity contribution in [1.82, 2.24) is 4.37 Å². The molecule has 1 heterocycles. The maximum atomic E-state index is 11.6. The third kappa shape index (κ3) is 5.33.